The van der Waals surface area contributed by atoms with Gasteiger partial charge < -0.3 is 9.47 Å². The maximum absolute atomic E-state index is 11.6. The quantitative estimate of drug-likeness (QED) is 0.183. The Morgan fingerprint density at radius 3 is 1.76 bits per heavy atom. The van der Waals surface area contributed by atoms with E-state index in [4.69, 9.17) is 21.1 Å². The molecule has 0 saturated heterocycles. The van der Waals surface area contributed by atoms with E-state index in [0.29, 0.717) is 13.0 Å². The molecule has 0 aliphatic heterocycles. The third-order valence-corrected chi connectivity index (χ3v) is 4.12. The van der Waals surface area contributed by atoms with Gasteiger partial charge in [0.2, 0.25) is 0 Å². The molecule has 5 heteroatoms. The summed E-state index contributed by atoms with van der Waals surface area (Å²) in [4.78, 5) is 22.9. The predicted molar refractivity (Wildman–Crippen MR) is 103 cm³/mol. The summed E-state index contributed by atoms with van der Waals surface area (Å²) < 4.78 is 10.1. The SMILES string of the molecule is CCCCCCCCCCCCOC(=O)CCCC(=O)OCC(C)Cl. The highest BCUT2D eigenvalue weighted by atomic mass is 35.5. The summed E-state index contributed by atoms with van der Waals surface area (Å²) in [6.07, 6.45) is 13.6. The summed E-state index contributed by atoms with van der Waals surface area (Å²) in [5.74, 6) is -0.538. The second kappa shape index (κ2) is 18.0. The highest BCUT2D eigenvalue weighted by Crippen LogP contribution is 2.10. The molecule has 148 valence electrons. The maximum atomic E-state index is 11.6. The van der Waals surface area contributed by atoms with E-state index in [-0.39, 0.29) is 36.8 Å². The zero-order valence-electron chi connectivity index (χ0n) is 16.2. The van der Waals surface area contributed by atoms with Crippen molar-refractivity contribution in [3.8, 4) is 0 Å². The average molecular weight is 377 g/mol. The number of hydrogen-bond donors (Lipinski definition) is 0. The van der Waals surface area contributed by atoms with Crippen LogP contribution in [0.5, 0.6) is 0 Å². The van der Waals surface area contributed by atoms with Crippen LogP contribution >= 0.6 is 11.6 Å². The zero-order chi connectivity index (χ0) is 18.8. The Morgan fingerprint density at radius 2 is 1.24 bits per heavy atom. The number of carbonyl (C=O) groups is 2. The standard InChI is InChI=1S/C20H37ClO4/c1-3-4-5-6-7-8-9-10-11-12-16-24-19(22)14-13-15-20(23)25-17-18(2)21/h18H,3-17H2,1-2H3. The Kier molecular flexibility index (Phi) is 17.5. The largest absolute Gasteiger partial charge is 0.466 e. The minimum Gasteiger partial charge on any atom is -0.466 e. The molecule has 0 spiro atoms. The van der Waals surface area contributed by atoms with Crippen LogP contribution in [0.4, 0.5) is 0 Å². The first kappa shape index (κ1) is 24.2. The van der Waals surface area contributed by atoms with Crippen molar-refractivity contribution in [2.24, 2.45) is 0 Å². The fourth-order valence-corrected chi connectivity index (χ4v) is 2.57. The lowest BCUT2D eigenvalue weighted by atomic mass is 10.1. The fourth-order valence-electron chi connectivity index (χ4n) is 2.50. The van der Waals surface area contributed by atoms with Gasteiger partial charge in [0, 0.05) is 12.8 Å². The van der Waals surface area contributed by atoms with Gasteiger partial charge in [0.1, 0.15) is 6.61 Å². The molecular weight excluding hydrogens is 340 g/mol. The van der Waals surface area contributed by atoms with Crippen molar-refractivity contribution in [1.29, 1.82) is 0 Å². The molecule has 1 unspecified atom stereocenters. The van der Waals surface area contributed by atoms with E-state index in [1.807, 2.05) is 0 Å². The lowest BCUT2D eigenvalue weighted by molar-refractivity contribution is -0.145. The number of unbranched alkanes of at least 4 members (excludes halogenated alkanes) is 9. The molecular formula is C20H37ClO4. The van der Waals surface area contributed by atoms with E-state index in [2.05, 4.69) is 6.92 Å². The molecule has 4 nitrogen and oxygen atoms in total. The second-order valence-corrected chi connectivity index (χ2v) is 7.46. The molecule has 0 radical (unpaired) electrons. The first-order chi connectivity index (χ1) is 12.1. The summed E-state index contributed by atoms with van der Waals surface area (Å²) in [5.41, 5.74) is 0. The van der Waals surface area contributed by atoms with Crippen LogP contribution in [-0.2, 0) is 19.1 Å². The van der Waals surface area contributed by atoms with E-state index in [9.17, 15) is 9.59 Å². The van der Waals surface area contributed by atoms with Crippen LogP contribution in [0.15, 0.2) is 0 Å². The minimum absolute atomic E-state index is 0.185. The van der Waals surface area contributed by atoms with Crippen molar-refractivity contribution in [3.63, 3.8) is 0 Å². The summed E-state index contributed by atoms with van der Waals surface area (Å²) in [6.45, 7) is 4.71. The summed E-state index contributed by atoms with van der Waals surface area (Å²) in [5, 5.41) is -0.185. The number of ether oxygens (including phenoxy) is 2. The molecule has 0 amide bonds. The van der Waals surface area contributed by atoms with E-state index in [1.54, 1.807) is 6.92 Å². The number of hydrogen-bond acceptors (Lipinski definition) is 4. The third kappa shape index (κ3) is 19.4. The van der Waals surface area contributed by atoms with Crippen LogP contribution < -0.4 is 0 Å². The van der Waals surface area contributed by atoms with Crippen molar-refractivity contribution >= 4 is 23.5 Å². The first-order valence-corrected chi connectivity index (χ1v) is 10.4. The Hall–Kier alpha value is -0.770. The van der Waals surface area contributed by atoms with Crippen LogP contribution in [0.25, 0.3) is 0 Å². The van der Waals surface area contributed by atoms with Gasteiger partial charge in [0.05, 0.1) is 12.0 Å². The van der Waals surface area contributed by atoms with E-state index in [1.165, 1.54) is 51.4 Å². The summed E-state index contributed by atoms with van der Waals surface area (Å²) >= 11 is 5.69. The Labute approximate surface area is 159 Å². The zero-order valence-corrected chi connectivity index (χ0v) is 17.0. The molecule has 0 aromatic heterocycles. The Morgan fingerprint density at radius 1 is 0.760 bits per heavy atom. The van der Waals surface area contributed by atoms with Gasteiger partial charge in [0.25, 0.3) is 0 Å². The van der Waals surface area contributed by atoms with Crippen LogP contribution in [0, 0.1) is 0 Å². The van der Waals surface area contributed by atoms with Crippen LogP contribution in [-0.4, -0.2) is 30.5 Å². The second-order valence-electron chi connectivity index (χ2n) is 6.72. The number of esters is 2. The highest BCUT2D eigenvalue weighted by molar-refractivity contribution is 6.20. The van der Waals surface area contributed by atoms with Crippen molar-refractivity contribution in [3.05, 3.63) is 0 Å². The minimum atomic E-state index is -0.310. The molecule has 0 aromatic carbocycles. The van der Waals surface area contributed by atoms with Crippen LogP contribution in [0.1, 0.15) is 97.3 Å². The molecule has 0 saturated carbocycles. The molecule has 0 N–H and O–H groups in total. The first-order valence-electron chi connectivity index (χ1n) is 10.0. The predicted octanol–water partition coefficient (Wildman–Crippen LogP) is 5.79. The van der Waals surface area contributed by atoms with Gasteiger partial charge in [-0.1, -0.05) is 64.7 Å². The van der Waals surface area contributed by atoms with Crippen LogP contribution in [0.3, 0.4) is 0 Å². The molecule has 0 fully saturated rings. The Bertz CT molecular complexity index is 332. The number of alkyl halides is 1. The van der Waals surface area contributed by atoms with Crippen molar-refractivity contribution in [2.45, 2.75) is 103 Å². The monoisotopic (exact) mass is 376 g/mol. The van der Waals surface area contributed by atoms with E-state index < -0.39 is 0 Å². The van der Waals surface area contributed by atoms with E-state index >= 15 is 0 Å². The van der Waals surface area contributed by atoms with Gasteiger partial charge in [-0.3, -0.25) is 9.59 Å². The van der Waals surface area contributed by atoms with Gasteiger partial charge >= 0.3 is 11.9 Å². The average Bonchev–Trinajstić information content (AvgIpc) is 2.58. The van der Waals surface area contributed by atoms with Gasteiger partial charge in [-0.25, -0.2) is 0 Å². The van der Waals surface area contributed by atoms with Crippen molar-refractivity contribution in [1.82, 2.24) is 0 Å². The number of rotatable bonds is 17. The molecule has 1 atom stereocenters. The lowest BCUT2D eigenvalue weighted by Crippen LogP contribution is -2.12. The number of carbonyl (C=O) groups excluding carboxylic acids is 2. The Balaban J connectivity index is 3.29. The molecule has 0 rings (SSSR count). The normalized spacial score (nSPS) is 12.0. The van der Waals surface area contributed by atoms with Crippen LogP contribution in [0.2, 0.25) is 0 Å². The van der Waals surface area contributed by atoms with Crippen molar-refractivity contribution < 1.29 is 19.1 Å². The maximum Gasteiger partial charge on any atom is 0.305 e. The van der Waals surface area contributed by atoms with Gasteiger partial charge in [-0.05, 0) is 19.8 Å². The van der Waals surface area contributed by atoms with Crippen molar-refractivity contribution in [2.75, 3.05) is 13.2 Å². The highest BCUT2D eigenvalue weighted by Gasteiger charge is 2.08. The van der Waals surface area contributed by atoms with Gasteiger partial charge in [-0.15, -0.1) is 11.6 Å². The third-order valence-electron chi connectivity index (χ3n) is 4.00. The molecule has 0 aliphatic rings. The molecule has 0 aliphatic carbocycles. The fraction of sp³-hybridized carbons (Fsp3) is 0.900. The summed E-state index contributed by atoms with van der Waals surface area (Å²) in [6, 6.07) is 0. The van der Waals surface area contributed by atoms with Gasteiger partial charge in [0.15, 0.2) is 0 Å². The summed E-state index contributed by atoms with van der Waals surface area (Å²) in [7, 11) is 0. The molecule has 0 aromatic rings. The van der Waals surface area contributed by atoms with E-state index in [0.717, 1.165) is 12.8 Å². The molecule has 25 heavy (non-hydrogen) atoms. The lowest BCUT2D eigenvalue weighted by Gasteiger charge is -2.06. The smallest absolute Gasteiger partial charge is 0.305 e. The van der Waals surface area contributed by atoms with Gasteiger partial charge in [-0.2, -0.15) is 0 Å². The molecule has 0 heterocycles. The number of halogens is 1. The molecule has 0 bridgehead atoms. The topological polar surface area (TPSA) is 52.6 Å².